The van der Waals surface area contributed by atoms with Gasteiger partial charge in [-0.15, -0.1) is 0 Å². The Morgan fingerprint density at radius 2 is 1.84 bits per heavy atom. The number of aryl methyl sites for hydroxylation is 1. The van der Waals surface area contributed by atoms with E-state index >= 15 is 0 Å². The molecule has 32 heavy (non-hydrogen) atoms. The number of halogens is 1. The predicted octanol–water partition coefficient (Wildman–Crippen LogP) is 4.18. The van der Waals surface area contributed by atoms with Crippen molar-refractivity contribution in [3.8, 4) is 0 Å². The number of nitrogens with zero attached hydrogens (tertiary/aromatic N) is 2. The maximum absolute atomic E-state index is 13.2. The average Bonchev–Trinajstić information content (AvgIpc) is 3.25. The van der Waals surface area contributed by atoms with E-state index in [2.05, 4.69) is 18.8 Å². The monoisotopic (exact) mass is 486 g/mol. The fourth-order valence-electron chi connectivity index (χ4n) is 3.24. The molecule has 0 bridgehead atoms. The van der Waals surface area contributed by atoms with E-state index in [0.29, 0.717) is 16.2 Å². The van der Waals surface area contributed by atoms with Crippen LogP contribution in [0, 0.1) is 6.92 Å². The van der Waals surface area contributed by atoms with Crippen LogP contribution in [0.1, 0.15) is 11.1 Å². The molecule has 10 heteroatoms. The van der Waals surface area contributed by atoms with Gasteiger partial charge in [-0.1, -0.05) is 54.1 Å². The Labute approximate surface area is 194 Å². The fourth-order valence-corrected chi connectivity index (χ4v) is 5.37. The summed E-state index contributed by atoms with van der Waals surface area (Å²) in [6, 6.07) is 18.0. The highest BCUT2D eigenvalue weighted by molar-refractivity contribution is 7.89. The number of benzene rings is 3. The minimum Gasteiger partial charge on any atom is -0.324 e. The second kappa shape index (κ2) is 9.33. The third-order valence-corrected chi connectivity index (χ3v) is 7.17. The van der Waals surface area contributed by atoms with E-state index in [1.165, 1.54) is 6.07 Å². The first kappa shape index (κ1) is 22.3. The standard InChI is InChI=1S/C22H19ClN4O3S2/c1-14-10-11-16(23)13-18(14)24-22(28)19(12-15-6-3-2-4-7-15)27-32(29,30)20-9-5-8-17-21(20)26-31-25-17/h2-11,13,19,27H,12H2,1H3,(H,24,28)/t19-/m0/s1. The zero-order chi connectivity index (χ0) is 22.7. The van der Waals surface area contributed by atoms with Crippen molar-refractivity contribution in [2.75, 3.05) is 5.32 Å². The third-order valence-electron chi connectivity index (χ3n) is 4.89. The lowest BCUT2D eigenvalue weighted by Crippen LogP contribution is -2.45. The molecule has 1 atom stereocenters. The zero-order valence-electron chi connectivity index (χ0n) is 16.9. The lowest BCUT2D eigenvalue weighted by Gasteiger charge is -2.20. The summed E-state index contributed by atoms with van der Waals surface area (Å²) in [7, 11) is -4.06. The van der Waals surface area contributed by atoms with Crippen LogP contribution in [0.15, 0.2) is 71.6 Å². The van der Waals surface area contributed by atoms with E-state index in [-0.39, 0.29) is 16.8 Å². The molecular formula is C22H19ClN4O3S2. The van der Waals surface area contributed by atoms with Crippen molar-refractivity contribution < 1.29 is 13.2 Å². The van der Waals surface area contributed by atoms with Crippen LogP contribution in [0.4, 0.5) is 5.69 Å². The van der Waals surface area contributed by atoms with Crippen molar-refractivity contribution in [1.82, 2.24) is 13.5 Å². The molecule has 2 N–H and O–H groups in total. The molecule has 7 nitrogen and oxygen atoms in total. The summed E-state index contributed by atoms with van der Waals surface area (Å²) >= 11 is 7.00. The Hall–Kier alpha value is -2.85. The molecule has 0 aliphatic carbocycles. The molecule has 0 radical (unpaired) electrons. The van der Waals surface area contributed by atoms with E-state index in [9.17, 15) is 13.2 Å². The molecule has 0 fully saturated rings. The second-order valence-electron chi connectivity index (χ2n) is 7.20. The van der Waals surface area contributed by atoms with Crippen LogP contribution in [-0.4, -0.2) is 29.1 Å². The first-order valence-corrected chi connectivity index (χ1v) is 12.3. The molecule has 0 spiro atoms. The van der Waals surface area contributed by atoms with Crippen LogP contribution < -0.4 is 10.0 Å². The van der Waals surface area contributed by atoms with Crippen molar-refractivity contribution in [2.45, 2.75) is 24.3 Å². The lowest BCUT2D eigenvalue weighted by atomic mass is 10.1. The highest BCUT2D eigenvalue weighted by Gasteiger charge is 2.28. The van der Waals surface area contributed by atoms with E-state index in [0.717, 1.165) is 22.9 Å². The summed E-state index contributed by atoms with van der Waals surface area (Å²) in [5.41, 5.74) is 2.89. The minimum absolute atomic E-state index is 0.0199. The first-order valence-electron chi connectivity index (χ1n) is 9.68. The van der Waals surface area contributed by atoms with Gasteiger partial charge in [0, 0.05) is 10.7 Å². The molecule has 0 saturated heterocycles. The molecule has 1 heterocycles. The van der Waals surface area contributed by atoms with Gasteiger partial charge in [0.2, 0.25) is 15.9 Å². The van der Waals surface area contributed by atoms with Gasteiger partial charge in [0.1, 0.15) is 22.0 Å². The number of sulfonamides is 1. The largest absolute Gasteiger partial charge is 0.324 e. The quantitative estimate of drug-likeness (QED) is 0.408. The molecule has 4 rings (SSSR count). The molecule has 0 unspecified atom stereocenters. The van der Waals surface area contributed by atoms with Crippen LogP contribution in [0.3, 0.4) is 0 Å². The Balaban J connectivity index is 1.66. The molecule has 164 valence electrons. The topological polar surface area (TPSA) is 101 Å². The number of carbonyl (C=O) groups excluding carboxylic acids is 1. The molecule has 0 saturated carbocycles. The summed E-state index contributed by atoms with van der Waals surface area (Å²) < 4.78 is 37.3. The summed E-state index contributed by atoms with van der Waals surface area (Å²) in [5.74, 6) is -0.494. The van der Waals surface area contributed by atoms with Gasteiger partial charge in [0.05, 0.1) is 11.7 Å². The molecule has 4 aromatic rings. The summed E-state index contributed by atoms with van der Waals surface area (Å²) in [6.45, 7) is 1.83. The van der Waals surface area contributed by atoms with Gasteiger partial charge in [0.25, 0.3) is 0 Å². The molecule has 1 amide bonds. The van der Waals surface area contributed by atoms with Gasteiger partial charge < -0.3 is 5.32 Å². The molecule has 0 aliphatic rings. The number of hydrogen-bond donors (Lipinski definition) is 2. The Morgan fingerprint density at radius 1 is 1.06 bits per heavy atom. The van der Waals surface area contributed by atoms with Crippen molar-refractivity contribution in [2.24, 2.45) is 0 Å². The Kier molecular flexibility index (Phi) is 6.52. The summed E-state index contributed by atoms with van der Waals surface area (Å²) in [4.78, 5) is 13.2. The number of nitrogens with one attached hydrogen (secondary N) is 2. The van der Waals surface area contributed by atoms with Crippen LogP contribution in [-0.2, 0) is 21.2 Å². The SMILES string of the molecule is Cc1ccc(Cl)cc1NC(=O)[C@H](Cc1ccccc1)NS(=O)(=O)c1cccc2nsnc12. The predicted molar refractivity (Wildman–Crippen MR) is 126 cm³/mol. The zero-order valence-corrected chi connectivity index (χ0v) is 19.3. The van der Waals surface area contributed by atoms with Crippen molar-refractivity contribution in [3.63, 3.8) is 0 Å². The smallest absolute Gasteiger partial charge is 0.243 e. The van der Waals surface area contributed by atoms with Gasteiger partial charge in [-0.25, -0.2) is 8.42 Å². The highest BCUT2D eigenvalue weighted by Crippen LogP contribution is 2.23. The lowest BCUT2D eigenvalue weighted by molar-refractivity contribution is -0.117. The van der Waals surface area contributed by atoms with Crippen LogP contribution in [0.25, 0.3) is 11.0 Å². The third kappa shape index (κ3) is 4.97. The van der Waals surface area contributed by atoms with Gasteiger partial charge in [0.15, 0.2) is 0 Å². The summed E-state index contributed by atoms with van der Waals surface area (Å²) in [5, 5.41) is 3.27. The highest BCUT2D eigenvalue weighted by atomic mass is 35.5. The van der Waals surface area contributed by atoms with Crippen molar-refractivity contribution in [3.05, 3.63) is 82.9 Å². The van der Waals surface area contributed by atoms with Gasteiger partial charge in [-0.2, -0.15) is 13.5 Å². The van der Waals surface area contributed by atoms with E-state index in [4.69, 9.17) is 11.6 Å². The normalized spacial score (nSPS) is 12.6. The minimum atomic E-state index is -4.06. The molecule has 1 aromatic heterocycles. The maximum Gasteiger partial charge on any atom is 0.243 e. The second-order valence-corrected chi connectivity index (χ2v) is 9.85. The van der Waals surface area contributed by atoms with E-state index in [1.807, 2.05) is 37.3 Å². The number of hydrogen-bond acceptors (Lipinski definition) is 6. The van der Waals surface area contributed by atoms with E-state index in [1.54, 1.807) is 30.3 Å². The number of carbonyl (C=O) groups is 1. The van der Waals surface area contributed by atoms with Crippen molar-refractivity contribution in [1.29, 1.82) is 0 Å². The molecular weight excluding hydrogens is 468 g/mol. The van der Waals surface area contributed by atoms with E-state index < -0.39 is 22.0 Å². The Bertz CT molecular complexity index is 1370. The number of aromatic nitrogens is 2. The average molecular weight is 487 g/mol. The van der Waals surface area contributed by atoms with Crippen LogP contribution in [0.2, 0.25) is 5.02 Å². The number of amides is 1. The van der Waals surface area contributed by atoms with Crippen molar-refractivity contribution >= 4 is 56.0 Å². The number of anilines is 1. The molecule has 0 aliphatic heterocycles. The first-order chi connectivity index (χ1) is 15.3. The molecule has 3 aromatic carbocycles. The van der Waals surface area contributed by atoms with Gasteiger partial charge in [-0.05, 0) is 48.7 Å². The van der Waals surface area contributed by atoms with Crippen LogP contribution >= 0.6 is 23.3 Å². The van der Waals surface area contributed by atoms with Crippen LogP contribution in [0.5, 0.6) is 0 Å². The number of rotatable bonds is 7. The van der Waals surface area contributed by atoms with Gasteiger partial charge >= 0.3 is 0 Å². The fraction of sp³-hybridized carbons (Fsp3) is 0.136. The summed E-state index contributed by atoms with van der Waals surface area (Å²) in [6.07, 6.45) is 0.164. The Morgan fingerprint density at radius 3 is 2.62 bits per heavy atom. The number of fused-ring (bicyclic) bond motifs is 1. The maximum atomic E-state index is 13.2. The van der Waals surface area contributed by atoms with Gasteiger partial charge in [-0.3, -0.25) is 4.79 Å².